The summed E-state index contributed by atoms with van der Waals surface area (Å²) in [6.45, 7) is 0. The van der Waals surface area contributed by atoms with Gasteiger partial charge < -0.3 is 0 Å². The van der Waals surface area contributed by atoms with E-state index in [2.05, 4.69) is 33.2 Å². The van der Waals surface area contributed by atoms with Gasteiger partial charge in [0.2, 0.25) is 18.2 Å². The molecule has 0 aromatic heterocycles. The lowest BCUT2D eigenvalue weighted by atomic mass is 9.92. The Kier molecular flexibility index (Phi) is 8.01. The van der Waals surface area contributed by atoms with Crippen molar-refractivity contribution in [2.45, 2.75) is 19.3 Å². The molecule has 36 heavy (non-hydrogen) atoms. The van der Waals surface area contributed by atoms with E-state index in [1.807, 2.05) is 36.4 Å². The summed E-state index contributed by atoms with van der Waals surface area (Å²) in [6, 6.07) is 29.1. The van der Waals surface area contributed by atoms with E-state index in [0.717, 1.165) is 36.0 Å². The molecular formula is C30H21N3O3. The highest BCUT2D eigenvalue weighted by Gasteiger charge is 2.09. The molecule has 4 aromatic rings. The van der Waals surface area contributed by atoms with Crippen LogP contribution in [-0.4, -0.2) is 18.2 Å². The third-order valence-corrected chi connectivity index (χ3v) is 5.80. The van der Waals surface area contributed by atoms with Gasteiger partial charge in [0, 0.05) is 0 Å². The van der Waals surface area contributed by atoms with Crippen molar-refractivity contribution in [3.63, 3.8) is 0 Å². The molecule has 0 heterocycles. The van der Waals surface area contributed by atoms with Crippen molar-refractivity contribution in [3.05, 3.63) is 124 Å². The molecule has 0 radical (unpaired) electrons. The molecular weight excluding hydrogens is 450 g/mol. The van der Waals surface area contributed by atoms with Gasteiger partial charge in [-0.1, -0.05) is 54.6 Å². The fourth-order valence-corrected chi connectivity index (χ4v) is 4.02. The van der Waals surface area contributed by atoms with E-state index in [1.165, 1.54) is 16.7 Å². The molecule has 0 N–H and O–H groups in total. The van der Waals surface area contributed by atoms with Gasteiger partial charge in [-0.25, -0.2) is 14.4 Å². The highest BCUT2D eigenvalue weighted by Crippen LogP contribution is 2.24. The van der Waals surface area contributed by atoms with Crippen LogP contribution in [0.15, 0.2) is 106 Å². The molecule has 4 aromatic carbocycles. The van der Waals surface area contributed by atoms with Gasteiger partial charge in [-0.15, -0.1) is 0 Å². The number of isocyanates is 3. The first kappa shape index (κ1) is 24.2. The van der Waals surface area contributed by atoms with Gasteiger partial charge >= 0.3 is 0 Å². The summed E-state index contributed by atoms with van der Waals surface area (Å²) in [5, 5.41) is 0. The fourth-order valence-electron chi connectivity index (χ4n) is 4.02. The van der Waals surface area contributed by atoms with E-state index in [0.29, 0.717) is 17.1 Å². The van der Waals surface area contributed by atoms with Gasteiger partial charge in [-0.05, 0) is 89.0 Å². The van der Waals surface area contributed by atoms with E-state index in [9.17, 15) is 14.4 Å². The molecule has 0 amide bonds. The van der Waals surface area contributed by atoms with Crippen molar-refractivity contribution in [3.8, 4) is 0 Å². The zero-order valence-electron chi connectivity index (χ0n) is 19.3. The summed E-state index contributed by atoms with van der Waals surface area (Å²) in [7, 11) is 0. The molecule has 0 bridgehead atoms. The second kappa shape index (κ2) is 11.9. The summed E-state index contributed by atoms with van der Waals surface area (Å²) in [6.07, 6.45) is 6.87. The normalized spacial score (nSPS) is 10.0. The number of nitrogens with zero attached hydrogens (tertiary/aromatic N) is 3. The first-order valence-electron chi connectivity index (χ1n) is 11.3. The van der Waals surface area contributed by atoms with Crippen LogP contribution < -0.4 is 0 Å². The lowest BCUT2D eigenvalue weighted by molar-refractivity contribution is 0.564. The van der Waals surface area contributed by atoms with Crippen LogP contribution in [0, 0.1) is 0 Å². The Hall–Kier alpha value is -4.98. The van der Waals surface area contributed by atoms with E-state index in [-0.39, 0.29) is 0 Å². The third kappa shape index (κ3) is 6.54. The Morgan fingerprint density at radius 1 is 0.417 bits per heavy atom. The van der Waals surface area contributed by atoms with Crippen molar-refractivity contribution in [1.29, 1.82) is 0 Å². The molecule has 0 fully saturated rings. The van der Waals surface area contributed by atoms with Crippen LogP contribution in [0.4, 0.5) is 17.1 Å². The smallest absolute Gasteiger partial charge is 0.211 e. The predicted molar refractivity (Wildman–Crippen MR) is 138 cm³/mol. The van der Waals surface area contributed by atoms with Crippen LogP contribution in [0.3, 0.4) is 0 Å². The third-order valence-electron chi connectivity index (χ3n) is 5.80. The summed E-state index contributed by atoms with van der Waals surface area (Å²) >= 11 is 0. The first-order valence-corrected chi connectivity index (χ1v) is 11.3. The Labute approximate surface area is 208 Å². The average Bonchev–Trinajstić information content (AvgIpc) is 2.89. The zero-order chi connectivity index (χ0) is 25.2. The zero-order valence-corrected chi connectivity index (χ0v) is 19.3. The minimum Gasteiger partial charge on any atom is -0.211 e. The monoisotopic (exact) mass is 471 g/mol. The van der Waals surface area contributed by atoms with Gasteiger partial charge in [-0.2, -0.15) is 15.0 Å². The van der Waals surface area contributed by atoms with E-state index < -0.39 is 0 Å². The molecule has 174 valence electrons. The quantitative estimate of drug-likeness (QED) is 0.210. The summed E-state index contributed by atoms with van der Waals surface area (Å²) in [4.78, 5) is 42.4. The summed E-state index contributed by atoms with van der Waals surface area (Å²) < 4.78 is 0. The topological polar surface area (TPSA) is 88.3 Å². The minimum atomic E-state index is 0.572. The fraction of sp³-hybridized carbons (Fsp3) is 0.100. The van der Waals surface area contributed by atoms with Crippen LogP contribution in [0.2, 0.25) is 0 Å². The van der Waals surface area contributed by atoms with Crippen LogP contribution in [0.25, 0.3) is 0 Å². The molecule has 0 saturated heterocycles. The molecule has 0 aliphatic rings. The maximum Gasteiger partial charge on any atom is 0.240 e. The van der Waals surface area contributed by atoms with Crippen LogP contribution >= 0.6 is 0 Å². The maximum atomic E-state index is 10.5. The van der Waals surface area contributed by atoms with Crippen molar-refractivity contribution < 1.29 is 14.4 Å². The Bertz CT molecular complexity index is 1490. The number of hydrogen-bond acceptors (Lipinski definition) is 6. The number of carbonyl (C=O) groups excluding carboxylic acids is 3. The lowest BCUT2D eigenvalue weighted by Crippen LogP contribution is -2.00. The van der Waals surface area contributed by atoms with Crippen molar-refractivity contribution in [2.75, 3.05) is 0 Å². The van der Waals surface area contributed by atoms with E-state index >= 15 is 0 Å². The first-order chi connectivity index (χ1) is 17.7. The molecule has 0 aliphatic heterocycles. The molecule has 0 saturated carbocycles. The van der Waals surface area contributed by atoms with Crippen LogP contribution in [0.5, 0.6) is 0 Å². The van der Waals surface area contributed by atoms with Gasteiger partial charge in [0.25, 0.3) is 0 Å². The lowest BCUT2D eigenvalue weighted by Gasteiger charge is -2.13. The van der Waals surface area contributed by atoms with E-state index in [4.69, 9.17) is 0 Å². The highest BCUT2D eigenvalue weighted by molar-refractivity contribution is 5.52. The molecule has 0 atom stereocenters. The molecule has 0 spiro atoms. The molecule has 6 heteroatoms. The van der Waals surface area contributed by atoms with Crippen molar-refractivity contribution in [1.82, 2.24) is 0 Å². The van der Waals surface area contributed by atoms with Crippen LogP contribution in [-0.2, 0) is 33.6 Å². The highest BCUT2D eigenvalue weighted by atomic mass is 16.1. The van der Waals surface area contributed by atoms with Gasteiger partial charge in [0.05, 0.1) is 17.1 Å². The molecule has 6 nitrogen and oxygen atoms in total. The Morgan fingerprint density at radius 2 is 0.778 bits per heavy atom. The summed E-state index contributed by atoms with van der Waals surface area (Å²) in [5.41, 5.74) is 8.60. The molecule has 0 aliphatic carbocycles. The standard InChI is InChI=1S/C30H21N3O3/c34-19-31-28-9-2-22(3-10-28)15-25-1-8-26(16-23-4-11-29(12-5-23)32-20-35)27(18-25)17-24-6-13-30(14-7-24)33-21-36/h1-14,18H,15-17H2. The number of rotatable bonds is 9. The van der Waals surface area contributed by atoms with Gasteiger partial charge in [0.15, 0.2) is 0 Å². The molecule has 4 rings (SSSR count). The second-order valence-electron chi connectivity index (χ2n) is 8.24. The Balaban J connectivity index is 1.62. The van der Waals surface area contributed by atoms with Gasteiger partial charge in [0.1, 0.15) is 0 Å². The van der Waals surface area contributed by atoms with E-state index in [1.54, 1.807) is 54.6 Å². The van der Waals surface area contributed by atoms with Crippen LogP contribution in [0.1, 0.15) is 33.4 Å². The second-order valence-corrected chi connectivity index (χ2v) is 8.24. The number of aliphatic imine (C=N–C) groups is 3. The average molecular weight is 472 g/mol. The van der Waals surface area contributed by atoms with Gasteiger partial charge in [-0.3, -0.25) is 0 Å². The Morgan fingerprint density at radius 3 is 1.19 bits per heavy atom. The SMILES string of the molecule is O=C=Nc1ccc(Cc2ccc(Cc3ccc(N=C=O)cc3)c(Cc3ccc(N=C=O)cc3)c2)cc1. The minimum absolute atomic E-state index is 0.572. The largest absolute Gasteiger partial charge is 0.240 e. The van der Waals surface area contributed by atoms with Crippen molar-refractivity contribution in [2.24, 2.45) is 15.0 Å². The number of hydrogen-bond donors (Lipinski definition) is 0. The summed E-state index contributed by atoms with van der Waals surface area (Å²) in [5.74, 6) is 0. The molecule has 0 unspecified atom stereocenters. The predicted octanol–water partition coefficient (Wildman–Crippen LogP) is 6.36. The van der Waals surface area contributed by atoms with Crippen molar-refractivity contribution >= 4 is 35.3 Å². The maximum absolute atomic E-state index is 10.5. The number of benzene rings is 4.